The van der Waals surface area contributed by atoms with Crippen LogP contribution in [0.15, 0.2) is 0 Å². The zero-order chi connectivity index (χ0) is 32.0. The third kappa shape index (κ3) is 4.08. The van der Waals surface area contributed by atoms with Gasteiger partial charge in [0.25, 0.3) is 0 Å². The van der Waals surface area contributed by atoms with Gasteiger partial charge in [0.1, 0.15) is 0 Å². The molecule has 0 spiro atoms. The quantitative estimate of drug-likeness (QED) is 0.190. The molecular formula is C12ClF25. The molecule has 0 saturated carbocycles. The average Bonchev–Trinajstić information content (AvgIpc) is 2.61. The van der Waals surface area contributed by atoms with Gasteiger partial charge in [0, 0.05) is 0 Å². The number of hydrogen-bond donors (Lipinski definition) is 0. The van der Waals surface area contributed by atoms with Crippen molar-refractivity contribution in [2.45, 2.75) is 70.8 Å². The van der Waals surface area contributed by atoms with Crippen LogP contribution in [0, 0.1) is 0 Å². The molecule has 0 aliphatic carbocycles. The molecule has 0 rings (SSSR count). The van der Waals surface area contributed by atoms with E-state index in [-0.39, 0.29) is 0 Å². The second-order valence-electron chi connectivity index (χ2n) is 6.75. The van der Waals surface area contributed by atoms with Crippen LogP contribution < -0.4 is 0 Å². The van der Waals surface area contributed by atoms with E-state index in [1.54, 1.807) is 0 Å². The Morgan fingerprint density at radius 2 is 0.500 bits per heavy atom. The first-order valence-electron chi connectivity index (χ1n) is 7.66. The number of alkyl halides is 26. The van der Waals surface area contributed by atoms with Crippen molar-refractivity contribution in [3.8, 4) is 0 Å². The smallest absolute Gasteiger partial charge is 0.220 e. The van der Waals surface area contributed by atoms with Crippen molar-refractivity contribution < 1.29 is 110 Å². The van der Waals surface area contributed by atoms with Gasteiger partial charge in [0.15, 0.2) is 0 Å². The normalized spacial score (nSPS) is 21.0. The molecule has 0 radical (unpaired) electrons. The van der Waals surface area contributed by atoms with Gasteiger partial charge in [-0.25, -0.2) is 13.2 Å². The highest BCUT2D eigenvalue weighted by atomic mass is 35.5. The molecule has 0 nitrogen and oxygen atoms in total. The van der Waals surface area contributed by atoms with Crippen LogP contribution in [-0.4, -0.2) is 70.8 Å². The lowest BCUT2D eigenvalue weighted by atomic mass is 9.72. The largest absolute Gasteiger partial charge is 0.460 e. The molecule has 0 fully saturated rings. The van der Waals surface area contributed by atoms with Crippen LogP contribution in [0.4, 0.5) is 110 Å². The molecule has 0 aliphatic heterocycles. The van der Waals surface area contributed by atoms with E-state index in [2.05, 4.69) is 11.6 Å². The van der Waals surface area contributed by atoms with Crippen molar-refractivity contribution in [1.29, 1.82) is 0 Å². The predicted molar refractivity (Wildman–Crippen MR) is 66.3 cm³/mol. The second-order valence-corrected chi connectivity index (χ2v) is 7.28. The Balaban J connectivity index is 8.22. The molecule has 230 valence electrons. The van der Waals surface area contributed by atoms with Crippen molar-refractivity contribution in [2.75, 3.05) is 0 Å². The van der Waals surface area contributed by atoms with E-state index in [1.165, 1.54) is 0 Å². The molecular weight excluding hydrogens is 655 g/mol. The molecule has 0 N–H and O–H groups in total. The molecule has 0 bridgehead atoms. The Bertz CT molecular complexity index is 867. The van der Waals surface area contributed by atoms with E-state index in [0.29, 0.717) is 0 Å². The third-order valence-electron chi connectivity index (χ3n) is 4.41. The molecule has 0 heterocycles. The fraction of sp³-hybridized carbons (Fsp3) is 1.00. The summed E-state index contributed by atoms with van der Waals surface area (Å²) < 4.78 is 326. The van der Waals surface area contributed by atoms with E-state index in [4.69, 9.17) is 0 Å². The minimum Gasteiger partial charge on any atom is -0.220 e. The van der Waals surface area contributed by atoms with E-state index in [1.807, 2.05) is 0 Å². The lowest BCUT2D eigenvalue weighted by Crippen LogP contribution is -2.84. The molecule has 0 aliphatic rings. The van der Waals surface area contributed by atoms with Gasteiger partial charge in [-0.2, -0.15) is 96.6 Å². The standard InChI is InChI=1S/C12ClF25/c13-3(16,11(33,34)35)5(19,20)1(14,9(27,28)29)4(17,18)2(15,10(30,31)32)6(21,22)7(23,24)8(25,26)12(36,37)38. The Labute approximate surface area is 193 Å². The van der Waals surface area contributed by atoms with Crippen LogP contribution in [0.25, 0.3) is 0 Å². The summed E-state index contributed by atoms with van der Waals surface area (Å²) in [5.74, 6) is -47.6. The number of hydrogen-bond acceptors (Lipinski definition) is 0. The van der Waals surface area contributed by atoms with Gasteiger partial charge in [0.05, 0.1) is 0 Å². The maximum Gasteiger partial charge on any atom is 0.460 e. The highest BCUT2D eigenvalue weighted by Gasteiger charge is 3.03. The highest BCUT2D eigenvalue weighted by Crippen LogP contribution is 2.71. The van der Waals surface area contributed by atoms with Gasteiger partial charge in [0.2, 0.25) is 0 Å². The molecule has 0 amide bonds. The van der Waals surface area contributed by atoms with Crippen molar-refractivity contribution in [1.82, 2.24) is 0 Å². The van der Waals surface area contributed by atoms with Crippen LogP contribution in [0.3, 0.4) is 0 Å². The van der Waals surface area contributed by atoms with Crippen molar-refractivity contribution in [3.63, 3.8) is 0 Å². The summed E-state index contributed by atoms with van der Waals surface area (Å²) in [6.45, 7) is 0. The lowest BCUT2D eigenvalue weighted by Gasteiger charge is -2.50. The van der Waals surface area contributed by atoms with E-state index in [9.17, 15) is 110 Å². The molecule has 0 aromatic rings. The van der Waals surface area contributed by atoms with Crippen molar-refractivity contribution >= 4 is 11.6 Å². The molecule has 3 unspecified atom stereocenters. The monoisotopic (exact) mass is 654 g/mol. The minimum absolute atomic E-state index is 3.18. The Morgan fingerprint density at radius 3 is 0.711 bits per heavy atom. The van der Waals surface area contributed by atoms with Crippen LogP contribution in [0.2, 0.25) is 0 Å². The van der Waals surface area contributed by atoms with Crippen LogP contribution >= 0.6 is 11.6 Å². The van der Waals surface area contributed by atoms with Gasteiger partial charge >= 0.3 is 70.8 Å². The molecule has 38 heavy (non-hydrogen) atoms. The van der Waals surface area contributed by atoms with Crippen LogP contribution in [0.5, 0.6) is 0 Å². The summed E-state index contributed by atoms with van der Waals surface area (Å²) in [6, 6.07) is 0. The maximum atomic E-state index is 14.2. The Kier molecular flexibility index (Phi) is 8.19. The number of halogens is 26. The molecule has 3 atom stereocenters. The summed E-state index contributed by atoms with van der Waals surface area (Å²) in [5, 5.41) is -8.13. The lowest BCUT2D eigenvalue weighted by molar-refractivity contribution is -0.486. The SMILES string of the molecule is FC(F)(F)C(F)(F)C(F)(F)C(F)(F)C(F)(C(F)(F)F)C(F)(F)C(F)(C(F)(F)F)C(F)(F)C(F)(Cl)C(F)(F)F. The fourth-order valence-corrected chi connectivity index (χ4v) is 2.46. The molecule has 26 heteroatoms. The van der Waals surface area contributed by atoms with E-state index in [0.717, 1.165) is 0 Å². The number of rotatable bonds is 7. The zero-order valence-electron chi connectivity index (χ0n) is 15.8. The summed E-state index contributed by atoms with van der Waals surface area (Å²) in [4.78, 5) is 0. The summed E-state index contributed by atoms with van der Waals surface area (Å²) in [5.41, 5.74) is -19.9. The zero-order valence-corrected chi connectivity index (χ0v) is 16.6. The fourth-order valence-electron chi connectivity index (χ4n) is 2.33. The predicted octanol–water partition coefficient (Wildman–Crippen LogP) is 8.73. The molecule has 0 aromatic carbocycles. The summed E-state index contributed by atoms with van der Waals surface area (Å²) >= 11 is 3.18. The Hall–Kier alpha value is -1.46. The minimum atomic E-state index is -10.1. The van der Waals surface area contributed by atoms with Gasteiger partial charge in [-0.05, 0) is 0 Å². The second kappa shape index (κ2) is 8.52. The van der Waals surface area contributed by atoms with Crippen molar-refractivity contribution in [3.05, 3.63) is 0 Å². The highest BCUT2D eigenvalue weighted by molar-refractivity contribution is 6.24. The van der Waals surface area contributed by atoms with Gasteiger partial charge in [-0.15, -0.1) is 0 Å². The molecule has 0 saturated heterocycles. The topological polar surface area (TPSA) is 0 Å². The van der Waals surface area contributed by atoms with Crippen LogP contribution in [0.1, 0.15) is 0 Å². The van der Waals surface area contributed by atoms with E-state index >= 15 is 0 Å². The van der Waals surface area contributed by atoms with Gasteiger partial charge in [-0.3, -0.25) is 0 Å². The van der Waals surface area contributed by atoms with Crippen molar-refractivity contribution in [2.24, 2.45) is 0 Å². The van der Waals surface area contributed by atoms with Crippen LogP contribution in [-0.2, 0) is 0 Å². The van der Waals surface area contributed by atoms with Gasteiger partial charge < -0.3 is 0 Å². The average molecular weight is 655 g/mol. The van der Waals surface area contributed by atoms with E-state index < -0.39 is 70.8 Å². The summed E-state index contributed by atoms with van der Waals surface area (Å²) in [6.07, 6.45) is -34.9. The first-order valence-corrected chi connectivity index (χ1v) is 8.04. The maximum absolute atomic E-state index is 14.2. The third-order valence-corrected chi connectivity index (χ3v) is 4.86. The Morgan fingerprint density at radius 1 is 0.237 bits per heavy atom. The first-order chi connectivity index (χ1) is 15.8. The first kappa shape index (κ1) is 36.5. The molecule has 0 aromatic heterocycles. The summed E-state index contributed by atoms with van der Waals surface area (Å²) in [7, 11) is 0. The van der Waals surface area contributed by atoms with Gasteiger partial charge in [-0.1, -0.05) is 11.6 Å².